The monoisotopic (exact) mass is 374 g/mol. The van der Waals surface area contributed by atoms with Crippen molar-refractivity contribution in [2.24, 2.45) is 35.5 Å². The van der Waals surface area contributed by atoms with E-state index in [1.165, 1.54) is 89.9 Å². The Labute approximate surface area is 169 Å². The van der Waals surface area contributed by atoms with Gasteiger partial charge in [-0.1, -0.05) is 52.4 Å². The molecule has 0 aliphatic heterocycles. The smallest absolute Gasteiger partial charge is 0.135 e. The fraction of sp³-hybridized carbons (Fsp3) is 0.962. The first-order chi connectivity index (χ1) is 13.2. The fourth-order valence-electron chi connectivity index (χ4n) is 6.96. The predicted molar refractivity (Wildman–Crippen MR) is 116 cm³/mol. The number of hydrogen-bond donors (Lipinski definition) is 0. The normalized spacial score (nSPS) is 37.0. The van der Waals surface area contributed by atoms with Crippen molar-refractivity contribution in [3.05, 3.63) is 0 Å². The molecule has 0 N–H and O–H groups in total. The van der Waals surface area contributed by atoms with Crippen LogP contribution >= 0.6 is 0 Å². The molecule has 3 aliphatic carbocycles. The quantitative estimate of drug-likeness (QED) is 0.374. The second-order valence-electron chi connectivity index (χ2n) is 10.4. The fourth-order valence-corrected chi connectivity index (χ4v) is 6.96. The molecule has 1 nitrogen and oxygen atoms in total. The van der Waals surface area contributed by atoms with E-state index in [-0.39, 0.29) is 0 Å². The minimum Gasteiger partial charge on any atom is -0.299 e. The largest absolute Gasteiger partial charge is 0.299 e. The molecule has 1 heteroatoms. The lowest BCUT2D eigenvalue weighted by Gasteiger charge is -2.45. The highest BCUT2D eigenvalue weighted by molar-refractivity contribution is 5.81. The first-order valence-electron chi connectivity index (χ1n) is 12.7. The molecule has 0 aromatic heterocycles. The van der Waals surface area contributed by atoms with E-state index in [0.29, 0.717) is 11.7 Å². The molecule has 3 saturated carbocycles. The predicted octanol–water partition coefficient (Wildman–Crippen LogP) is 7.97. The number of hydrogen-bond acceptors (Lipinski definition) is 1. The molecule has 0 radical (unpaired) electrons. The average Bonchev–Trinajstić information content (AvgIpc) is 2.71. The van der Waals surface area contributed by atoms with Gasteiger partial charge in [0, 0.05) is 12.3 Å². The van der Waals surface area contributed by atoms with Gasteiger partial charge in [-0.2, -0.15) is 0 Å². The lowest BCUT2D eigenvalue weighted by atomic mass is 9.60. The van der Waals surface area contributed by atoms with E-state index in [9.17, 15) is 4.79 Å². The van der Waals surface area contributed by atoms with E-state index in [0.717, 1.165) is 42.4 Å². The molecule has 156 valence electrons. The Bertz CT molecular complexity index is 433. The summed E-state index contributed by atoms with van der Waals surface area (Å²) in [7, 11) is 0. The van der Waals surface area contributed by atoms with Gasteiger partial charge in [0.05, 0.1) is 0 Å². The van der Waals surface area contributed by atoms with E-state index >= 15 is 0 Å². The highest BCUT2D eigenvalue weighted by atomic mass is 16.1. The maximum absolute atomic E-state index is 12.5. The van der Waals surface area contributed by atoms with Gasteiger partial charge in [0.1, 0.15) is 5.78 Å². The van der Waals surface area contributed by atoms with Crippen LogP contribution in [0.5, 0.6) is 0 Å². The third kappa shape index (κ3) is 6.07. The summed E-state index contributed by atoms with van der Waals surface area (Å²) in [4.78, 5) is 12.5. The first kappa shape index (κ1) is 21.4. The molecule has 4 atom stereocenters. The third-order valence-corrected chi connectivity index (χ3v) is 8.63. The van der Waals surface area contributed by atoms with Crippen LogP contribution in [0.1, 0.15) is 123 Å². The molecule has 0 aromatic rings. The van der Waals surface area contributed by atoms with E-state index in [2.05, 4.69) is 13.8 Å². The summed E-state index contributed by atoms with van der Waals surface area (Å²) in [6.07, 6.45) is 22.9. The SMILES string of the molecule is CCCCCCC(=O)C1CCC([C@@H]2CC[C@H]3C[C@@H](CCC)CC[C@@H]3C2)CC1. The summed E-state index contributed by atoms with van der Waals surface area (Å²) in [6.45, 7) is 4.60. The second kappa shape index (κ2) is 11.0. The van der Waals surface area contributed by atoms with Gasteiger partial charge in [0.25, 0.3) is 0 Å². The summed E-state index contributed by atoms with van der Waals surface area (Å²) in [5, 5.41) is 0. The molecule has 3 rings (SSSR count). The average molecular weight is 375 g/mol. The topological polar surface area (TPSA) is 17.1 Å². The Balaban J connectivity index is 1.37. The molecule has 27 heavy (non-hydrogen) atoms. The number of unbranched alkanes of at least 4 members (excludes halogenated alkanes) is 3. The van der Waals surface area contributed by atoms with Crippen LogP contribution in [-0.4, -0.2) is 5.78 Å². The number of carbonyl (C=O) groups is 1. The van der Waals surface area contributed by atoms with E-state index in [4.69, 9.17) is 0 Å². The molecule has 0 amide bonds. The molecule has 0 saturated heterocycles. The number of fused-ring (bicyclic) bond motifs is 1. The van der Waals surface area contributed by atoms with Crippen LogP contribution < -0.4 is 0 Å². The minimum absolute atomic E-state index is 0.420. The van der Waals surface area contributed by atoms with Crippen molar-refractivity contribution in [3.63, 3.8) is 0 Å². The van der Waals surface area contributed by atoms with Crippen molar-refractivity contribution in [1.82, 2.24) is 0 Å². The van der Waals surface area contributed by atoms with Crippen LogP contribution in [0.3, 0.4) is 0 Å². The van der Waals surface area contributed by atoms with Crippen molar-refractivity contribution < 1.29 is 4.79 Å². The van der Waals surface area contributed by atoms with Gasteiger partial charge in [-0.05, 0) is 93.8 Å². The zero-order chi connectivity index (χ0) is 19.1. The molecular weight excluding hydrogens is 328 g/mol. The van der Waals surface area contributed by atoms with Crippen molar-refractivity contribution >= 4 is 5.78 Å². The van der Waals surface area contributed by atoms with Crippen LogP contribution in [0, 0.1) is 35.5 Å². The zero-order valence-electron chi connectivity index (χ0n) is 18.4. The van der Waals surface area contributed by atoms with Crippen molar-refractivity contribution in [2.45, 2.75) is 123 Å². The summed E-state index contributed by atoms with van der Waals surface area (Å²) >= 11 is 0. The Morgan fingerprint density at radius 2 is 1.30 bits per heavy atom. The van der Waals surface area contributed by atoms with Gasteiger partial charge in [-0.15, -0.1) is 0 Å². The minimum atomic E-state index is 0.420. The van der Waals surface area contributed by atoms with Crippen LogP contribution in [0.15, 0.2) is 0 Å². The van der Waals surface area contributed by atoms with Crippen LogP contribution in [0.2, 0.25) is 0 Å². The van der Waals surface area contributed by atoms with E-state index in [1.54, 1.807) is 6.42 Å². The van der Waals surface area contributed by atoms with E-state index in [1.807, 2.05) is 0 Å². The zero-order valence-corrected chi connectivity index (χ0v) is 18.4. The maximum Gasteiger partial charge on any atom is 0.135 e. The van der Waals surface area contributed by atoms with Crippen molar-refractivity contribution in [1.29, 1.82) is 0 Å². The molecule has 3 aliphatic rings. The van der Waals surface area contributed by atoms with Gasteiger partial charge in [-0.3, -0.25) is 4.79 Å². The molecule has 0 unspecified atom stereocenters. The summed E-state index contributed by atoms with van der Waals surface area (Å²) in [5.41, 5.74) is 0. The standard InChI is InChI=1S/C26H46O/c1-3-5-6-7-9-26(27)22-14-12-21(13-15-22)24-17-16-23-18-20(8-4-2)10-11-25(23)19-24/h20-25H,3-19H2,1-2H3/t20-,21?,22?,23-,24+,25+/m0/s1. The molecule has 0 aromatic carbocycles. The summed E-state index contributed by atoms with van der Waals surface area (Å²) in [5.74, 6) is 6.12. The first-order valence-corrected chi connectivity index (χ1v) is 12.7. The van der Waals surface area contributed by atoms with Crippen molar-refractivity contribution in [2.75, 3.05) is 0 Å². The van der Waals surface area contributed by atoms with Gasteiger partial charge in [0.15, 0.2) is 0 Å². The second-order valence-corrected chi connectivity index (χ2v) is 10.4. The highest BCUT2D eigenvalue weighted by Gasteiger charge is 2.39. The van der Waals surface area contributed by atoms with Crippen molar-refractivity contribution in [3.8, 4) is 0 Å². The van der Waals surface area contributed by atoms with Gasteiger partial charge in [-0.25, -0.2) is 0 Å². The third-order valence-electron chi connectivity index (χ3n) is 8.63. The lowest BCUT2D eigenvalue weighted by Crippen LogP contribution is -2.35. The van der Waals surface area contributed by atoms with Crippen LogP contribution in [0.4, 0.5) is 0 Å². The van der Waals surface area contributed by atoms with Gasteiger partial charge >= 0.3 is 0 Å². The van der Waals surface area contributed by atoms with E-state index < -0.39 is 0 Å². The number of ketones is 1. The Hall–Kier alpha value is -0.330. The number of Topliss-reactive ketones (excluding diaryl/α,β-unsaturated/α-hetero) is 1. The molecule has 3 fully saturated rings. The molecule has 0 heterocycles. The number of rotatable bonds is 9. The van der Waals surface area contributed by atoms with Gasteiger partial charge < -0.3 is 0 Å². The van der Waals surface area contributed by atoms with Crippen LogP contribution in [0.25, 0.3) is 0 Å². The lowest BCUT2D eigenvalue weighted by molar-refractivity contribution is -0.124. The summed E-state index contributed by atoms with van der Waals surface area (Å²) in [6, 6.07) is 0. The van der Waals surface area contributed by atoms with Gasteiger partial charge in [0.2, 0.25) is 0 Å². The molecule has 0 spiro atoms. The Kier molecular flexibility index (Phi) is 8.72. The Morgan fingerprint density at radius 3 is 2.00 bits per heavy atom. The Morgan fingerprint density at radius 1 is 0.667 bits per heavy atom. The molecule has 0 bridgehead atoms. The highest BCUT2D eigenvalue weighted by Crippen LogP contribution is 2.49. The number of carbonyl (C=O) groups excluding carboxylic acids is 1. The van der Waals surface area contributed by atoms with Crippen LogP contribution in [-0.2, 0) is 4.79 Å². The maximum atomic E-state index is 12.5. The molecular formula is C26H46O. The summed E-state index contributed by atoms with van der Waals surface area (Å²) < 4.78 is 0.